The number of benzene rings is 2. The minimum absolute atomic E-state index is 1.01. The molecule has 0 aliphatic heterocycles. The Bertz CT molecular complexity index is 653. The molecule has 0 aliphatic rings. The third-order valence-corrected chi connectivity index (χ3v) is 3.22. The molecule has 1 heteroatoms. The van der Waals surface area contributed by atoms with Crippen LogP contribution in [0.1, 0.15) is 61.0 Å². The van der Waals surface area contributed by atoms with Crippen molar-refractivity contribution in [3.8, 4) is 22.4 Å². The predicted octanol–water partition coefficient (Wildman–Crippen LogP) is 8.83. The Morgan fingerprint density at radius 3 is 1.41 bits per heavy atom. The molecule has 0 fully saturated rings. The summed E-state index contributed by atoms with van der Waals surface area (Å²) in [5, 5.41) is 0. The van der Waals surface area contributed by atoms with Crippen molar-refractivity contribution in [3.05, 3.63) is 78.5 Å². The highest BCUT2D eigenvalue weighted by atomic mass is 14.7. The lowest BCUT2D eigenvalue weighted by molar-refractivity contribution is 1.32. The number of aromatic nitrogens is 1. The van der Waals surface area contributed by atoms with E-state index in [-0.39, 0.29) is 0 Å². The third kappa shape index (κ3) is 9.75. The van der Waals surface area contributed by atoms with Crippen LogP contribution in [0.2, 0.25) is 0 Å². The average Bonchev–Trinajstić information content (AvgIpc) is 2.80. The molecule has 0 radical (unpaired) electrons. The highest BCUT2D eigenvalue weighted by molar-refractivity contribution is 5.66. The number of aryl methyl sites for hydroxylation is 1. The van der Waals surface area contributed by atoms with Gasteiger partial charge in [0.05, 0.1) is 5.69 Å². The van der Waals surface area contributed by atoms with Gasteiger partial charge in [-0.15, -0.1) is 0 Å². The van der Waals surface area contributed by atoms with Gasteiger partial charge in [0, 0.05) is 17.3 Å². The van der Waals surface area contributed by atoms with Crippen LogP contribution < -0.4 is 0 Å². The molecule has 3 aromatic rings. The quantitative estimate of drug-likeness (QED) is 0.442. The minimum atomic E-state index is 1.01. The molecule has 2 aromatic carbocycles. The molecule has 0 bridgehead atoms. The van der Waals surface area contributed by atoms with Gasteiger partial charge in [0.15, 0.2) is 0 Å². The first kappa shape index (κ1) is 26.8. The van der Waals surface area contributed by atoms with Crippen molar-refractivity contribution in [2.45, 2.75) is 62.3 Å². The topological polar surface area (TPSA) is 12.9 Å². The molecular formula is C26H39N. The van der Waals surface area contributed by atoms with Crippen molar-refractivity contribution in [3.63, 3.8) is 0 Å². The summed E-state index contributed by atoms with van der Waals surface area (Å²) in [6.07, 6.45) is 1.94. The van der Waals surface area contributed by atoms with Gasteiger partial charge in [-0.05, 0) is 18.6 Å². The van der Waals surface area contributed by atoms with E-state index in [9.17, 15) is 0 Å². The monoisotopic (exact) mass is 365 g/mol. The zero-order valence-electron chi connectivity index (χ0n) is 18.9. The Balaban J connectivity index is 0. The summed E-state index contributed by atoms with van der Waals surface area (Å²) >= 11 is 0. The summed E-state index contributed by atoms with van der Waals surface area (Å²) in [5.41, 5.74) is 5.80. The second-order valence-corrected chi connectivity index (χ2v) is 4.66. The average molecular weight is 366 g/mol. The third-order valence-electron chi connectivity index (χ3n) is 3.22. The van der Waals surface area contributed by atoms with Gasteiger partial charge in [-0.25, -0.2) is 0 Å². The smallest absolute Gasteiger partial charge is 0.0702 e. The minimum Gasteiger partial charge on any atom is -0.256 e. The zero-order chi connectivity index (χ0) is 21.1. The molecule has 1 nitrogen and oxygen atoms in total. The van der Waals surface area contributed by atoms with E-state index in [0.717, 1.165) is 16.8 Å². The van der Waals surface area contributed by atoms with Crippen LogP contribution in [0.15, 0.2) is 72.9 Å². The molecule has 0 unspecified atom stereocenters. The van der Waals surface area contributed by atoms with Crippen LogP contribution in [0, 0.1) is 6.92 Å². The van der Waals surface area contributed by atoms with Gasteiger partial charge in [-0.1, -0.05) is 122 Å². The summed E-state index contributed by atoms with van der Waals surface area (Å²) in [5.74, 6) is 0. The van der Waals surface area contributed by atoms with Gasteiger partial charge in [0.25, 0.3) is 0 Å². The number of nitrogens with zero attached hydrogens (tertiary/aromatic N) is 1. The van der Waals surface area contributed by atoms with E-state index in [1.54, 1.807) is 0 Å². The molecule has 0 saturated heterocycles. The molecule has 1 heterocycles. The number of hydrogen-bond acceptors (Lipinski definition) is 1. The van der Waals surface area contributed by atoms with Crippen LogP contribution in [-0.4, -0.2) is 4.98 Å². The van der Waals surface area contributed by atoms with Crippen molar-refractivity contribution in [1.29, 1.82) is 0 Å². The van der Waals surface area contributed by atoms with Crippen LogP contribution in [0.25, 0.3) is 22.4 Å². The van der Waals surface area contributed by atoms with Crippen molar-refractivity contribution >= 4 is 0 Å². The molecule has 3 rings (SSSR count). The maximum atomic E-state index is 4.55. The Morgan fingerprint density at radius 1 is 0.481 bits per heavy atom. The van der Waals surface area contributed by atoms with E-state index in [2.05, 4.69) is 60.4 Å². The van der Waals surface area contributed by atoms with E-state index >= 15 is 0 Å². The first-order valence-electron chi connectivity index (χ1n) is 10.4. The van der Waals surface area contributed by atoms with Crippen LogP contribution in [0.5, 0.6) is 0 Å². The van der Waals surface area contributed by atoms with Crippen molar-refractivity contribution < 1.29 is 0 Å². The highest BCUT2D eigenvalue weighted by Gasteiger charge is 2.00. The lowest BCUT2D eigenvalue weighted by Crippen LogP contribution is -1.85. The first-order chi connectivity index (χ1) is 13.3. The Kier molecular flexibility index (Phi) is 18.3. The molecule has 0 aliphatic carbocycles. The normalized spacial score (nSPS) is 8.19. The Morgan fingerprint density at radius 2 is 0.963 bits per heavy atom. The number of hydrogen-bond donors (Lipinski definition) is 0. The van der Waals surface area contributed by atoms with Crippen molar-refractivity contribution in [2.75, 3.05) is 0 Å². The van der Waals surface area contributed by atoms with E-state index in [1.807, 2.05) is 79.8 Å². The maximum Gasteiger partial charge on any atom is 0.0702 e. The largest absolute Gasteiger partial charge is 0.256 e. The fraction of sp³-hybridized carbons (Fsp3) is 0.346. The second kappa shape index (κ2) is 18.4. The maximum absolute atomic E-state index is 4.55. The van der Waals surface area contributed by atoms with E-state index in [4.69, 9.17) is 0 Å². The summed E-state index contributed by atoms with van der Waals surface area (Å²) in [6, 6.07) is 23.0. The highest BCUT2D eigenvalue weighted by Crippen LogP contribution is 2.22. The van der Waals surface area contributed by atoms with Gasteiger partial charge < -0.3 is 0 Å². The Labute approximate surface area is 168 Å². The van der Waals surface area contributed by atoms with Gasteiger partial charge in [0.1, 0.15) is 0 Å². The molecule has 0 atom stereocenters. The van der Waals surface area contributed by atoms with Gasteiger partial charge >= 0.3 is 0 Å². The van der Waals surface area contributed by atoms with Crippen LogP contribution >= 0.6 is 0 Å². The van der Waals surface area contributed by atoms with Gasteiger partial charge in [-0.2, -0.15) is 0 Å². The molecule has 27 heavy (non-hydrogen) atoms. The van der Waals surface area contributed by atoms with E-state index < -0.39 is 0 Å². The standard InChI is InChI=1S/C18H15N.4C2H6/c1-14-7-9-15(10-8-14)17-11-12-18(19-13-17)16-5-3-2-4-6-16;4*1-2/h2-13H,1H3;4*1-2H3. The lowest BCUT2D eigenvalue weighted by Gasteiger charge is -2.04. The SMILES string of the molecule is CC.CC.CC.CC.Cc1ccc(-c2ccc(-c3ccccc3)nc2)cc1. The van der Waals surface area contributed by atoms with Crippen LogP contribution in [-0.2, 0) is 0 Å². The molecule has 0 N–H and O–H groups in total. The summed E-state index contributed by atoms with van der Waals surface area (Å²) in [6.45, 7) is 18.1. The van der Waals surface area contributed by atoms with E-state index in [1.165, 1.54) is 11.1 Å². The lowest BCUT2D eigenvalue weighted by atomic mass is 10.0. The molecule has 0 spiro atoms. The van der Waals surface area contributed by atoms with Gasteiger partial charge in [0.2, 0.25) is 0 Å². The predicted molar refractivity (Wildman–Crippen MR) is 125 cm³/mol. The molecule has 0 amide bonds. The molecule has 1 aromatic heterocycles. The van der Waals surface area contributed by atoms with Crippen LogP contribution in [0.4, 0.5) is 0 Å². The summed E-state index contributed by atoms with van der Waals surface area (Å²) in [4.78, 5) is 4.55. The second-order valence-electron chi connectivity index (χ2n) is 4.66. The van der Waals surface area contributed by atoms with Gasteiger partial charge in [-0.3, -0.25) is 4.98 Å². The Hall–Kier alpha value is -2.41. The molecule has 148 valence electrons. The fourth-order valence-electron chi connectivity index (χ4n) is 2.09. The number of pyridine rings is 1. The zero-order valence-corrected chi connectivity index (χ0v) is 18.9. The molecular weight excluding hydrogens is 326 g/mol. The van der Waals surface area contributed by atoms with Crippen LogP contribution in [0.3, 0.4) is 0 Å². The van der Waals surface area contributed by atoms with Crippen molar-refractivity contribution in [1.82, 2.24) is 4.98 Å². The first-order valence-corrected chi connectivity index (χ1v) is 10.4. The molecule has 0 saturated carbocycles. The number of rotatable bonds is 2. The summed E-state index contributed by atoms with van der Waals surface area (Å²) in [7, 11) is 0. The van der Waals surface area contributed by atoms with E-state index in [0.29, 0.717) is 0 Å². The fourth-order valence-corrected chi connectivity index (χ4v) is 2.09. The summed E-state index contributed by atoms with van der Waals surface area (Å²) < 4.78 is 0. The van der Waals surface area contributed by atoms with Crippen molar-refractivity contribution in [2.24, 2.45) is 0 Å².